The molecule has 1 heterocycles. The summed E-state index contributed by atoms with van der Waals surface area (Å²) in [7, 11) is 2.98. The number of halogens is 1. The highest BCUT2D eigenvalue weighted by atomic mass is 19.1. The number of carboxylic acids is 1. The van der Waals surface area contributed by atoms with Crippen molar-refractivity contribution in [3.8, 4) is 17.1 Å². The van der Waals surface area contributed by atoms with Crippen molar-refractivity contribution in [3.63, 3.8) is 0 Å². The molecule has 152 valence electrons. The average molecular weight is 400 g/mol. The Morgan fingerprint density at radius 1 is 1.28 bits per heavy atom. The molecule has 1 aromatic heterocycles. The Morgan fingerprint density at radius 3 is 2.66 bits per heavy atom. The second kappa shape index (κ2) is 8.74. The van der Waals surface area contributed by atoms with Crippen molar-refractivity contribution in [1.82, 2.24) is 5.16 Å². The molecule has 0 saturated carbocycles. The number of methoxy groups -OCH3 is 1. The minimum atomic E-state index is -1.23. The normalized spacial score (nSPS) is 11.9. The number of ether oxygens (including phenoxy) is 1. The number of rotatable bonds is 8. The van der Waals surface area contributed by atoms with Crippen LogP contribution in [0.2, 0.25) is 0 Å². The molecular formula is C21H21FN2O5. The van der Waals surface area contributed by atoms with Crippen LogP contribution in [0.3, 0.4) is 0 Å². The quantitative estimate of drug-likeness (QED) is 0.594. The maximum Gasteiger partial charge on any atom is 0.343 e. The molecule has 0 aliphatic rings. The van der Waals surface area contributed by atoms with Gasteiger partial charge in [0.15, 0.2) is 28.7 Å². The first-order valence-corrected chi connectivity index (χ1v) is 8.93. The molecule has 2 aromatic carbocycles. The first-order chi connectivity index (χ1) is 13.9. The van der Waals surface area contributed by atoms with Gasteiger partial charge in [0, 0.05) is 19.2 Å². The van der Waals surface area contributed by atoms with E-state index in [1.165, 1.54) is 25.3 Å². The van der Waals surface area contributed by atoms with Crippen LogP contribution < -0.4 is 9.64 Å². The molecule has 29 heavy (non-hydrogen) atoms. The Kier molecular flexibility index (Phi) is 6.13. The summed E-state index contributed by atoms with van der Waals surface area (Å²) in [6, 6.07) is 13.1. The number of hydrogen-bond acceptors (Lipinski definition) is 6. The van der Waals surface area contributed by atoms with Crippen LogP contribution in [-0.4, -0.2) is 42.0 Å². The number of hydrogen-bond donors (Lipinski definition) is 2. The van der Waals surface area contributed by atoms with E-state index < -0.39 is 17.9 Å². The number of benzene rings is 2. The molecule has 0 amide bonds. The van der Waals surface area contributed by atoms with Crippen molar-refractivity contribution in [2.75, 3.05) is 25.6 Å². The van der Waals surface area contributed by atoms with Crippen molar-refractivity contribution in [2.45, 2.75) is 12.5 Å². The van der Waals surface area contributed by atoms with Crippen LogP contribution in [0.25, 0.3) is 11.3 Å². The van der Waals surface area contributed by atoms with Crippen molar-refractivity contribution >= 4 is 11.8 Å². The predicted octanol–water partition coefficient (Wildman–Crippen LogP) is 3.75. The fourth-order valence-corrected chi connectivity index (χ4v) is 3.00. The summed E-state index contributed by atoms with van der Waals surface area (Å²) in [5.41, 5.74) is 0.964. The van der Waals surface area contributed by atoms with Gasteiger partial charge in [-0.05, 0) is 30.2 Å². The minimum absolute atomic E-state index is 0.00116. The smallest absolute Gasteiger partial charge is 0.343 e. The number of aromatic carboxylic acids is 1. The van der Waals surface area contributed by atoms with Crippen molar-refractivity contribution in [2.24, 2.45) is 0 Å². The highest BCUT2D eigenvalue weighted by molar-refractivity contribution is 5.99. The molecule has 0 radical (unpaired) electrons. The van der Waals surface area contributed by atoms with Gasteiger partial charge < -0.3 is 24.4 Å². The van der Waals surface area contributed by atoms with Crippen molar-refractivity contribution < 1.29 is 28.7 Å². The van der Waals surface area contributed by atoms with Crippen LogP contribution in [0.5, 0.6) is 5.75 Å². The summed E-state index contributed by atoms with van der Waals surface area (Å²) in [4.78, 5) is 13.5. The molecule has 1 atom stereocenters. The summed E-state index contributed by atoms with van der Waals surface area (Å²) in [6.45, 7) is 0.342. The average Bonchev–Trinajstić information content (AvgIpc) is 3.18. The Balaban J connectivity index is 1.84. The van der Waals surface area contributed by atoms with Gasteiger partial charge in [-0.3, -0.25) is 0 Å². The largest absolute Gasteiger partial charge is 0.494 e. The summed E-state index contributed by atoms with van der Waals surface area (Å²) in [5.74, 6) is -1.71. The zero-order valence-electron chi connectivity index (χ0n) is 16.0. The zero-order chi connectivity index (χ0) is 21.0. The van der Waals surface area contributed by atoms with Gasteiger partial charge >= 0.3 is 5.97 Å². The summed E-state index contributed by atoms with van der Waals surface area (Å²) in [6.07, 6.45) is -0.328. The molecule has 8 heteroatoms. The number of aromatic nitrogens is 1. The lowest BCUT2D eigenvalue weighted by atomic mass is 10.1. The third-order valence-corrected chi connectivity index (χ3v) is 4.59. The van der Waals surface area contributed by atoms with E-state index in [0.717, 1.165) is 5.56 Å². The van der Waals surface area contributed by atoms with Crippen LogP contribution in [-0.2, 0) is 0 Å². The molecule has 0 spiro atoms. The lowest BCUT2D eigenvalue weighted by Crippen LogP contribution is -2.23. The lowest BCUT2D eigenvalue weighted by molar-refractivity contribution is 0.0698. The van der Waals surface area contributed by atoms with Crippen LogP contribution in [0.1, 0.15) is 28.4 Å². The van der Waals surface area contributed by atoms with E-state index in [0.29, 0.717) is 18.5 Å². The van der Waals surface area contributed by atoms with Gasteiger partial charge in [-0.25, -0.2) is 9.18 Å². The highest BCUT2D eigenvalue weighted by Crippen LogP contribution is 2.34. The van der Waals surface area contributed by atoms with Gasteiger partial charge in [0.2, 0.25) is 0 Å². The van der Waals surface area contributed by atoms with Gasteiger partial charge in [-0.15, -0.1) is 0 Å². The molecule has 2 N–H and O–H groups in total. The monoisotopic (exact) mass is 400 g/mol. The maximum atomic E-state index is 13.7. The van der Waals surface area contributed by atoms with E-state index in [9.17, 15) is 19.4 Å². The number of aliphatic hydroxyl groups excluding tert-OH is 1. The maximum absolute atomic E-state index is 13.7. The first-order valence-electron chi connectivity index (χ1n) is 8.93. The molecule has 3 rings (SSSR count). The standard InChI is InChI=1S/C21H21FN2O5/c1-24(11-10-16(25)13-6-4-3-5-7-13)20-18(21(26)27)19(29-23-20)14-8-9-15(22)17(12-14)28-2/h3-9,12,16,25H,10-11H2,1-2H3,(H,26,27). The Morgan fingerprint density at radius 2 is 2.00 bits per heavy atom. The van der Waals surface area contributed by atoms with E-state index in [1.807, 2.05) is 30.3 Å². The molecule has 1 unspecified atom stereocenters. The molecule has 0 aliphatic heterocycles. The second-order valence-electron chi connectivity index (χ2n) is 6.50. The van der Waals surface area contributed by atoms with E-state index in [-0.39, 0.29) is 22.9 Å². The van der Waals surface area contributed by atoms with Crippen LogP contribution in [0.15, 0.2) is 53.1 Å². The fraction of sp³-hybridized carbons (Fsp3) is 0.238. The Labute approximate surface area is 166 Å². The summed E-state index contributed by atoms with van der Waals surface area (Å²) in [5, 5.41) is 23.9. The third kappa shape index (κ3) is 4.38. The van der Waals surface area contributed by atoms with Crippen molar-refractivity contribution in [3.05, 3.63) is 65.5 Å². The molecule has 0 fully saturated rings. The molecule has 0 bridgehead atoms. The van der Waals surface area contributed by atoms with Gasteiger partial charge in [0.25, 0.3) is 0 Å². The van der Waals surface area contributed by atoms with E-state index in [2.05, 4.69) is 5.16 Å². The highest BCUT2D eigenvalue weighted by Gasteiger charge is 2.27. The van der Waals surface area contributed by atoms with Gasteiger partial charge in [0.1, 0.15) is 0 Å². The third-order valence-electron chi connectivity index (χ3n) is 4.59. The second-order valence-corrected chi connectivity index (χ2v) is 6.50. The Bertz CT molecular complexity index is 990. The number of anilines is 1. The molecule has 7 nitrogen and oxygen atoms in total. The predicted molar refractivity (Wildman–Crippen MR) is 105 cm³/mol. The lowest BCUT2D eigenvalue weighted by Gasteiger charge is -2.19. The molecule has 0 aliphatic carbocycles. The number of carboxylic acid groups (broad SMARTS) is 1. The molecule has 3 aromatic rings. The van der Waals surface area contributed by atoms with Crippen molar-refractivity contribution in [1.29, 1.82) is 0 Å². The van der Waals surface area contributed by atoms with E-state index >= 15 is 0 Å². The van der Waals surface area contributed by atoms with Crippen LogP contribution in [0, 0.1) is 5.82 Å². The zero-order valence-corrected chi connectivity index (χ0v) is 16.0. The number of nitrogens with zero attached hydrogens (tertiary/aromatic N) is 2. The van der Waals surface area contributed by atoms with Crippen LogP contribution >= 0.6 is 0 Å². The molecular weight excluding hydrogens is 379 g/mol. The van der Waals surface area contributed by atoms with E-state index in [4.69, 9.17) is 9.26 Å². The number of aliphatic hydroxyl groups is 1. The Hall–Kier alpha value is -3.39. The van der Waals surface area contributed by atoms with Gasteiger partial charge in [0.05, 0.1) is 13.2 Å². The van der Waals surface area contributed by atoms with Gasteiger partial charge in [-0.2, -0.15) is 0 Å². The molecule has 0 saturated heterocycles. The van der Waals surface area contributed by atoms with E-state index in [1.54, 1.807) is 11.9 Å². The minimum Gasteiger partial charge on any atom is -0.494 e. The summed E-state index contributed by atoms with van der Waals surface area (Å²) < 4.78 is 23.9. The van der Waals surface area contributed by atoms with Gasteiger partial charge in [-0.1, -0.05) is 35.5 Å². The SMILES string of the molecule is COc1cc(-c2onc(N(C)CCC(O)c3ccccc3)c2C(=O)O)ccc1F. The van der Waals surface area contributed by atoms with Crippen LogP contribution in [0.4, 0.5) is 10.2 Å². The number of carbonyl (C=O) groups is 1. The topological polar surface area (TPSA) is 96.0 Å². The summed E-state index contributed by atoms with van der Waals surface area (Å²) >= 11 is 0. The first kappa shape index (κ1) is 20.3. The fourth-order valence-electron chi connectivity index (χ4n) is 3.00.